The highest BCUT2D eigenvalue weighted by molar-refractivity contribution is 6.15. The summed E-state index contributed by atoms with van der Waals surface area (Å²) in [5.74, 6) is 0.268. The second-order valence-corrected chi connectivity index (χ2v) is 6.07. The average Bonchev–Trinajstić information content (AvgIpc) is 2.67. The van der Waals surface area contributed by atoms with E-state index < -0.39 is 5.97 Å². The van der Waals surface area contributed by atoms with Crippen LogP contribution in [-0.4, -0.2) is 23.0 Å². The number of ether oxygens (including phenoxy) is 1. The normalized spacial score (nSPS) is 10.8. The lowest BCUT2D eigenvalue weighted by Crippen LogP contribution is -2.04. The first kappa shape index (κ1) is 16.0. The third kappa shape index (κ3) is 2.73. The summed E-state index contributed by atoms with van der Waals surface area (Å²) in [6.07, 6.45) is 3.53. The van der Waals surface area contributed by atoms with E-state index in [0.717, 1.165) is 27.4 Å². The Labute approximate surface area is 150 Å². The lowest BCUT2D eigenvalue weighted by molar-refractivity contribution is 0.0603. The minimum atomic E-state index is -0.409. The van der Waals surface area contributed by atoms with E-state index in [2.05, 4.69) is 10.3 Å². The van der Waals surface area contributed by atoms with E-state index in [-0.39, 0.29) is 0 Å². The summed E-state index contributed by atoms with van der Waals surface area (Å²) in [5.41, 5.74) is 3.11. The first-order chi connectivity index (χ1) is 12.7. The van der Waals surface area contributed by atoms with Gasteiger partial charge in [-0.25, -0.2) is 9.78 Å². The maximum absolute atomic E-state index is 12.2. The molecule has 2 heterocycles. The van der Waals surface area contributed by atoms with Crippen LogP contribution >= 0.6 is 0 Å². The van der Waals surface area contributed by atoms with E-state index in [1.54, 1.807) is 18.5 Å². The topological polar surface area (TPSA) is 64.1 Å². The van der Waals surface area contributed by atoms with Crippen molar-refractivity contribution in [1.29, 1.82) is 0 Å². The van der Waals surface area contributed by atoms with Gasteiger partial charge >= 0.3 is 5.97 Å². The molecule has 0 bridgehead atoms. The van der Waals surface area contributed by atoms with Gasteiger partial charge in [0.15, 0.2) is 0 Å². The Morgan fingerprint density at radius 2 is 1.88 bits per heavy atom. The van der Waals surface area contributed by atoms with Crippen molar-refractivity contribution in [1.82, 2.24) is 9.97 Å². The monoisotopic (exact) mass is 343 g/mol. The summed E-state index contributed by atoms with van der Waals surface area (Å²) >= 11 is 0. The van der Waals surface area contributed by atoms with Crippen molar-refractivity contribution in [3.05, 3.63) is 72.1 Å². The molecule has 0 atom stereocenters. The Bertz CT molecular complexity index is 1140. The van der Waals surface area contributed by atoms with Crippen LogP contribution in [0.3, 0.4) is 0 Å². The highest BCUT2D eigenvalue weighted by Gasteiger charge is 2.16. The number of nitrogens with one attached hydrogen (secondary N) is 1. The number of benzene rings is 2. The summed E-state index contributed by atoms with van der Waals surface area (Å²) < 4.78 is 4.92. The molecule has 0 amide bonds. The number of hydrogen-bond donors (Lipinski definition) is 1. The SMILES string of the molecule is COC(=O)c1cccc2c1nc(Nc1cccc(C)c1)c1ccncc12. The highest BCUT2D eigenvalue weighted by atomic mass is 16.5. The zero-order chi connectivity index (χ0) is 18.1. The van der Waals surface area contributed by atoms with E-state index in [4.69, 9.17) is 9.72 Å². The van der Waals surface area contributed by atoms with Crippen LogP contribution in [0.2, 0.25) is 0 Å². The van der Waals surface area contributed by atoms with Gasteiger partial charge in [0, 0.05) is 34.2 Å². The highest BCUT2D eigenvalue weighted by Crippen LogP contribution is 2.32. The molecule has 0 spiro atoms. The Morgan fingerprint density at radius 1 is 1.04 bits per heavy atom. The molecule has 4 aromatic rings. The number of fused-ring (bicyclic) bond motifs is 3. The zero-order valence-electron chi connectivity index (χ0n) is 14.5. The minimum absolute atomic E-state index is 0.409. The Hall–Kier alpha value is -3.47. The quantitative estimate of drug-likeness (QED) is 0.434. The number of esters is 1. The predicted molar refractivity (Wildman–Crippen MR) is 103 cm³/mol. The molecular formula is C21H17N3O2. The molecule has 5 heteroatoms. The van der Waals surface area contributed by atoms with Gasteiger partial charge in [-0.3, -0.25) is 4.98 Å². The summed E-state index contributed by atoms with van der Waals surface area (Å²) in [6.45, 7) is 2.04. The number of anilines is 2. The van der Waals surface area contributed by atoms with Crippen molar-refractivity contribution in [2.45, 2.75) is 6.92 Å². The number of aryl methyl sites for hydroxylation is 1. The number of para-hydroxylation sites is 1. The molecule has 0 radical (unpaired) electrons. The van der Waals surface area contributed by atoms with Crippen molar-refractivity contribution in [2.75, 3.05) is 12.4 Å². The van der Waals surface area contributed by atoms with E-state index in [1.807, 2.05) is 49.4 Å². The van der Waals surface area contributed by atoms with Crippen molar-refractivity contribution >= 4 is 39.1 Å². The van der Waals surface area contributed by atoms with Crippen LogP contribution in [-0.2, 0) is 4.74 Å². The first-order valence-electron chi connectivity index (χ1n) is 8.26. The van der Waals surface area contributed by atoms with Gasteiger partial charge < -0.3 is 10.1 Å². The molecule has 5 nitrogen and oxygen atoms in total. The molecule has 0 aliphatic heterocycles. The number of carbonyl (C=O) groups excluding carboxylic acids is 1. The molecule has 0 aliphatic carbocycles. The standard InChI is InChI=1S/C21H17N3O2/c1-13-5-3-6-14(11-13)23-20-16-9-10-22-12-18(16)15-7-4-8-17(19(15)24-20)21(25)26-2/h3-12H,1-2H3,(H,23,24). The molecule has 0 fully saturated rings. The first-order valence-corrected chi connectivity index (χ1v) is 8.26. The smallest absolute Gasteiger partial charge is 0.340 e. The molecule has 4 rings (SSSR count). The van der Waals surface area contributed by atoms with Gasteiger partial charge in [-0.05, 0) is 36.8 Å². The van der Waals surface area contributed by atoms with Crippen LogP contribution in [0.1, 0.15) is 15.9 Å². The van der Waals surface area contributed by atoms with Gasteiger partial charge in [-0.2, -0.15) is 0 Å². The van der Waals surface area contributed by atoms with Crippen LogP contribution in [0.5, 0.6) is 0 Å². The summed E-state index contributed by atoms with van der Waals surface area (Å²) in [5, 5.41) is 6.11. The van der Waals surface area contributed by atoms with E-state index >= 15 is 0 Å². The largest absolute Gasteiger partial charge is 0.465 e. The third-order valence-electron chi connectivity index (χ3n) is 4.31. The van der Waals surface area contributed by atoms with E-state index in [1.165, 1.54) is 7.11 Å². The maximum atomic E-state index is 12.2. The fraction of sp³-hybridized carbons (Fsp3) is 0.0952. The maximum Gasteiger partial charge on any atom is 0.340 e. The van der Waals surface area contributed by atoms with Crippen molar-refractivity contribution < 1.29 is 9.53 Å². The number of carbonyl (C=O) groups is 1. The molecule has 0 saturated heterocycles. The molecule has 0 saturated carbocycles. The van der Waals surface area contributed by atoms with Crippen molar-refractivity contribution in [2.24, 2.45) is 0 Å². The van der Waals surface area contributed by atoms with Crippen molar-refractivity contribution in [3.63, 3.8) is 0 Å². The van der Waals surface area contributed by atoms with E-state index in [9.17, 15) is 4.79 Å². The van der Waals surface area contributed by atoms with Gasteiger partial charge in [0.2, 0.25) is 0 Å². The van der Waals surface area contributed by atoms with E-state index in [0.29, 0.717) is 16.9 Å². The molecule has 26 heavy (non-hydrogen) atoms. The Kier molecular flexibility index (Phi) is 3.97. The molecule has 1 N–H and O–H groups in total. The molecule has 0 unspecified atom stereocenters. The average molecular weight is 343 g/mol. The summed E-state index contributed by atoms with van der Waals surface area (Å²) in [6, 6.07) is 15.5. The fourth-order valence-electron chi connectivity index (χ4n) is 3.10. The van der Waals surface area contributed by atoms with Crippen LogP contribution in [0.4, 0.5) is 11.5 Å². The van der Waals surface area contributed by atoms with Gasteiger partial charge in [0.25, 0.3) is 0 Å². The fourth-order valence-corrected chi connectivity index (χ4v) is 3.10. The van der Waals surface area contributed by atoms with Crippen LogP contribution < -0.4 is 5.32 Å². The summed E-state index contributed by atoms with van der Waals surface area (Å²) in [7, 11) is 1.37. The molecule has 2 aromatic carbocycles. The molecule has 2 aromatic heterocycles. The zero-order valence-corrected chi connectivity index (χ0v) is 14.5. The number of rotatable bonds is 3. The van der Waals surface area contributed by atoms with Crippen LogP contribution in [0.15, 0.2) is 60.9 Å². The second-order valence-electron chi connectivity index (χ2n) is 6.07. The Morgan fingerprint density at radius 3 is 2.69 bits per heavy atom. The number of hydrogen-bond acceptors (Lipinski definition) is 5. The number of nitrogens with zero attached hydrogens (tertiary/aromatic N) is 2. The van der Waals surface area contributed by atoms with Gasteiger partial charge in [0.05, 0.1) is 18.2 Å². The van der Waals surface area contributed by atoms with Crippen LogP contribution in [0, 0.1) is 6.92 Å². The lowest BCUT2D eigenvalue weighted by atomic mass is 10.0. The van der Waals surface area contributed by atoms with Gasteiger partial charge in [0.1, 0.15) is 5.82 Å². The molecular weight excluding hydrogens is 326 g/mol. The molecule has 128 valence electrons. The Balaban J connectivity index is 2.00. The number of pyridine rings is 2. The molecule has 0 aliphatic rings. The second kappa shape index (κ2) is 6.44. The number of methoxy groups -OCH3 is 1. The minimum Gasteiger partial charge on any atom is -0.465 e. The van der Waals surface area contributed by atoms with Crippen LogP contribution in [0.25, 0.3) is 21.7 Å². The van der Waals surface area contributed by atoms with Crippen molar-refractivity contribution in [3.8, 4) is 0 Å². The predicted octanol–water partition coefficient (Wildman–Crippen LogP) is 4.62. The van der Waals surface area contributed by atoms with Gasteiger partial charge in [-0.15, -0.1) is 0 Å². The number of aromatic nitrogens is 2. The van der Waals surface area contributed by atoms with Gasteiger partial charge in [-0.1, -0.05) is 24.3 Å². The third-order valence-corrected chi connectivity index (χ3v) is 4.31. The lowest BCUT2D eigenvalue weighted by Gasteiger charge is -2.13. The summed E-state index contributed by atoms with van der Waals surface area (Å²) in [4.78, 5) is 21.2.